The number of carbonyl (C=O) groups excluding carboxylic acids is 1. The summed E-state index contributed by atoms with van der Waals surface area (Å²) in [5, 5.41) is 19.0. The van der Waals surface area contributed by atoms with Crippen LogP contribution in [0.15, 0.2) is 24.3 Å². The molecule has 1 N–H and O–H groups in total. The van der Waals surface area contributed by atoms with E-state index < -0.39 is 5.97 Å². The summed E-state index contributed by atoms with van der Waals surface area (Å²) in [7, 11) is 0. The third-order valence-electron chi connectivity index (χ3n) is 1.55. The number of aliphatic carboxylic acids is 1. The topological polar surface area (TPSA) is 60.4 Å². The van der Waals surface area contributed by atoms with Crippen LogP contribution in [0.1, 0.15) is 12.0 Å². The van der Waals surface area contributed by atoms with E-state index in [-0.39, 0.29) is 41.7 Å². The first kappa shape index (κ1) is 12.5. The van der Waals surface area contributed by atoms with Gasteiger partial charge in [0.2, 0.25) is 0 Å². The molecule has 0 aliphatic heterocycles. The van der Waals surface area contributed by atoms with Gasteiger partial charge in [0.1, 0.15) is 5.75 Å². The van der Waals surface area contributed by atoms with Crippen LogP contribution in [0.3, 0.4) is 0 Å². The zero-order chi connectivity index (χ0) is 8.97. The molecule has 0 aromatic heterocycles. The Morgan fingerprint density at radius 3 is 2.31 bits per heavy atom. The average Bonchev–Trinajstić information content (AvgIpc) is 2.03. The minimum Gasteiger partial charge on any atom is -0.550 e. The molecule has 4 heteroatoms. The molecule has 13 heavy (non-hydrogen) atoms. The monoisotopic (exact) mass is 188 g/mol. The van der Waals surface area contributed by atoms with Gasteiger partial charge in [-0.2, -0.15) is 0 Å². The molecule has 64 valence electrons. The van der Waals surface area contributed by atoms with E-state index in [1.807, 2.05) is 0 Å². The molecule has 0 saturated carbocycles. The van der Waals surface area contributed by atoms with Gasteiger partial charge in [0, 0.05) is 5.97 Å². The number of carboxylic acids is 1. The van der Waals surface area contributed by atoms with Crippen molar-refractivity contribution in [1.29, 1.82) is 0 Å². The second kappa shape index (κ2) is 6.02. The van der Waals surface area contributed by atoms with Gasteiger partial charge in [-0.1, -0.05) is 12.1 Å². The van der Waals surface area contributed by atoms with Crippen LogP contribution in [0.2, 0.25) is 0 Å². The van der Waals surface area contributed by atoms with Crippen molar-refractivity contribution in [2.24, 2.45) is 0 Å². The Morgan fingerprint density at radius 1 is 1.31 bits per heavy atom. The van der Waals surface area contributed by atoms with Gasteiger partial charge in [-0.25, -0.2) is 0 Å². The Hall–Kier alpha value is -0.510. The number of benzene rings is 1. The first-order valence-corrected chi connectivity index (χ1v) is 3.66. The van der Waals surface area contributed by atoms with Crippen LogP contribution in [-0.2, 0) is 11.2 Å². The number of hydrogen-bond donors (Lipinski definition) is 1. The molecule has 0 radical (unpaired) electrons. The number of carboxylic acid groups (broad SMARTS) is 1. The predicted molar refractivity (Wildman–Crippen MR) is 41.4 cm³/mol. The molecule has 0 unspecified atom stereocenters. The maximum Gasteiger partial charge on any atom is 1.00 e. The van der Waals surface area contributed by atoms with Gasteiger partial charge in [0.25, 0.3) is 0 Å². The molecular formula is C9H9NaO3. The Balaban J connectivity index is 0.00000144. The summed E-state index contributed by atoms with van der Waals surface area (Å²) in [5.41, 5.74) is 0.886. The van der Waals surface area contributed by atoms with Crippen LogP contribution < -0.4 is 34.7 Å². The maximum absolute atomic E-state index is 10.1. The van der Waals surface area contributed by atoms with Gasteiger partial charge >= 0.3 is 29.6 Å². The van der Waals surface area contributed by atoms with E-state index >= 15 is 0 Å². The van der Waals surface area contributed by atoms with Gasteiger partial charge < -0.3 is 15.0 Å². The van der Waals surface area contributed by atoms with E-state index in [1.165, 1.54) is 12.1 Å². The number of rotatable bonds is 3. The summed E-state index contributed by atoms with van der Waals surface area (Å²) in [6, 6.07) is 6.45. The fourth-order valence-corrected chi connectivity index (χ4v) is 0.909. The first-order chi connectivity index (χ1) is 5.68. The second-order valence-corrected chi connectivity index (χ2v) is 2.54. The third-order valence-corrected chi connectivity index (χ3v) is 1.55. The van der Waals surface area contributed by atoms with Gasteiger partial charge in [0.15, 0.2) is 0 Å². The van der Waals surface area contributed by atoms with Gasteiger partial charge in [-0.05, 0) is 30.5 Å². The zero-order valence-corrected chi connectivity index (χ0v) is 9.49. The number of aromatic hydroxyl groups is 1. The number of phenolic OH excluding ortho intramolecular Hbond substituents is 1. The smallest absolute Gasteiger partial charge is 0.550 e. The van der Waals surface area contributed by atoms with Crippen LogP contribution in [0.4, 0.5) is 0 Å². The molecule has 1 aromatic carbocycles. The third kappa shape index (κ3) is 4.93. The largest absolute Gasteiger partial charge is 1.00 e. The predicted octanol–water partition coefficient (Wildman–Crippen LogP) is -2.92. The van der Waals surface area contributed by atoms with Crippen LogP contribution in [0.5, 0.6) is 5.75 Å². The molecule has 0 amide bonds. The molecule has 1 rings (SSSR count). The van der Waals surface area contributed by atoms with E-state index in [0.717, 1.165) is 5.56 Å². The molecule has 0 aliphatic rings. The average molecular weight is 188 g/mol. The van der Waals surface area contributed by atoms with E-state index in [9.17, 15) is 9.90 Å². The molecule has 1 aromatic rings. The van der Waals surface area contributed by atoms with Gasteiger partial charge in [0.05, 0.1) is 0 Å². The summed E-state index contributed by atoms with van der Waals surface area (Å²) in [6.45, 7) is 0. The van der Waals surface area contributed by atoms with E-state index in [1.54, 1.807) is 12.1 Å². The number of hydrogen-bond acceptors (Lipinski definition) is 3. The molecule has 0 fully saturated rings. The molecule has 0 heterocycles. The molecule has 0 saturated heterocycles. The Kier molecular flexibility index (Phi) is 5.79. The zero-order valence-electron chi connectivity index (χ0n) is 7.49. The number of phenols is 1. The Bertz CT molecular complexity index is 269. The van der Waals surface area contributed by atoms with Crippen molar-refractivity contribution >= 4 is 5.97 Å². The van der Waals surface area contributed by atoms with Crippen molar-refractivity contribution in [3.63, 3.8) is 0 Å². The van der Waals surface area contributed by atoms with Crippen molar-refractivity contribution in [1.82, 2.24) is 0 Å². The summed E-state index contributed by atoms with van der Waals surface area (Å²) >= 11 is 0. The molecule has 3 nitrogen and oxygen atoms in total. The summed E-state index contributed by atoms with van der Waals surface area (Å²) in [6.07, 6.45) is 0.466. The first-order valence-electron chi connectivity index (χ1n) is 3.66. The normalized spacial score (nSPS) is 8.92. The van der Waals surface area contributed by atoms with E-state index in [0.29, 0.717) is 6.42 Å². The summed E-state index contributed by atoms with van der Waals surface area (Å²) in [5.74, 6) is -0.865. The summed E-state index contributed by atoms with van der Waals surface area (Å²) in [4.78, 5) is 10.1. The number of carbonyl (C=O) groups is 1. The van der Waals surface area contributed by atoms with Gasteiger partial charge in [-0.15, -0.1) is 0 Å². The maximum atomic E-state index is 10.1. The second-order valence-electron chi connectivity index (χ2n) is 2.54. The van der Waals surface area contributed by atoms with Crippen molar-refractivity contribution < 1.29 is 44.6 Å². The Labute approximate surface area is 98.7 Å². The fourth-order valence-electron chi connectivity index (χ4n) is 0.909. The van der Waals surface area contributed by atoms with Gasteiger partial charge in [-0.3, -0.25) is 0 Å². The quantitative estimate of drug-likeness (QED) is 0.517. The van der Waals surface area contributed by atoms with Crippen molar-refractivity contribution in [2.45, 2.75) is 12.8 Å². The fraction of sp³-hybridized carbons (Fsp3) is 0.222. The minimum atomic E-state index is -1.05. The van der Waals surface area contributed by atoms with Crippen molar-refractivity contribution in [3.8, 4) is 5.75 Å². The van der Waals surface area contributed by atoms with Crippen LogP contribution >= 0.6 is 0 Å². The van der Waals surface area contributed by atoms with Crippen molar-refractivity contribution in [3.05, 3.63) is 29.8 Å². The molecular weight excluding hydrogens is 179 g/mol. The van der Waals surface area contributed by atoms with Crippen molar-refractivity contribution in [2.75, 3.05) is 0 Å². The SMILES string of the molecule is O=C([O-])CCc1ccc(O)cc1.[Na+]. The summed E-state index contributed by atoms with van der Waals surface area (Å²) < 4.78 is 0. The van der Waals surface area contributed by atoms with Crippen LogP contribution in [-0.4, -0.2) is 11.1 Å². The number of aryl methyl sites for hydroxylation is 1. The van der Waals surface area contributed by atoms with E-state index in [4.69, 9.17) is 5.11 Å². The molecule has 0 atom stereocenters. The minimum absolute atomic E-state index is 0. The molecule has 0 bridgehead atoms. The van der Waals surface area contributed by atoms with E-state index in [2.05, 4.69) is 0 Å². The van der Waals surface area contributed by atoms with Crippen LogP contribution in [0.25, 0.3) is 0 Å². The van der Waals surface area contributed by atoms with Crippen LogP contribution in [0, 0.1) is 0 Å². The Morgan fingerprint density at radius 2 is 1.85 bits per heavy atom. The molecule has 0 aliphatic carbocycles. The standard InChI is InChI=1S/C9H10O3.Na/c10-8-4-1-7(2-5-8)3-6-9(11)12;/h1-2,4-5,10H,3,6H2,(H,11,12);/q;+1/p-1. The molecule has 0 spiro atoms.